The molecule has 0 N–H and O–H groups in total. The smallest absolute Gasteiger partial charge is 0.339 e. The van der Waals surface area contributed by atoms with Gasteiger partial charge in [-0.1, -0.05) is 0 Å². The Bertz CT molecular complexity index is 624. The van der Waals surface area contributed by atoms with E-state index in [9.17, 15) is 19.7 Å². The second-order valence-corrected chi connectivity index (χ2v) is 5.22. The average Bonchev–Trinajstić information content (AvgIpc) is 2.54. The number of carbonyl (C=O) groups excluding carboxylic acids is 2. The highest BCUT2D eigenvalue weighted by Gasteiger charge is 2.24. The molecule has 1 atom stereocenters. The molecule has 0 radical (unpaired) electrons. The van der Waals surface area contributed by atoms with Crippen molar-refractivity contribution >= 4 is 23.1 Å². The van der Waals surface area contributed by atoms with E-state index in [0.29, 0.717) is 32.0 Å². The number of benzene rings is 1. The summed E-state index contributed by atoms with van der Waals surface area (Å²) in [6, 6.07) is 4.17. The lowest BCUT2D eigenvalue weighted by atomic mass is 10.1. The van der Waals surface area contributed by atoms with Gasteiger partial charge in [0.15, 0.2) is 11.9 Å². The Kier molecular flexibility index (Phi) is 5.28. The van der Waals surface area contributed by atoms with Crippen molar-refractivity contribution in [2.45, 2.75) is 20.0 Å². The van der Waals surface area contributed by atoms with Crippen molar-refractivity contribution < 1.29 is 24.0 Å². The number of nitrogens with zero attached hydrogens (tertiary/aromatic N) is 2. The van der Waals surface area contributed by atoms with Gasteiger partial charge in [-0.15, -0.1) is 0 Å². The lowest BCUT2D eigenvalue weighted by Crippen LogP contribution is -2.36. The zero-order chi connectivity index (χ0) is 17.0. The van der Waals surface area contributed by atoms with E-state index in [1.807, 2.05) is 4.90 Å². The van der Waals surface area contributed by atoms with Crippen molar-refractivity contribution in [3.05, 3.63) is 33.9 Å². The van der Waals surface area contributed by atoms with Crippen LogP contribution in [0.4, 0.5) is 11.4 Å². The van der Waals surface area contributed by atoms with Gasteiger partial charge >= 0.3 is 5.97 Å². The third-order valence-corrected chi connectivity index (χ3v) is 3.62. The fourth-order valence-electron chi connectivity index (χ4n) is 2.18. The lowest BCUT2D eigenvalue weighted by molar-refractivity contribution is -0.384. The number of ketones is 1. The molecule has 1 heterocycles. The van der Waals surface area contributed by atoms with Crippen LogP contribution in [0.1, 0.15) is 24.2 Å². The van der Waals surface area contributed by atoms with E-state index >= 15 is 0 Å². The summed E-state index contributed by atoms with van der Waals surface area (Å²) < 4.78 is 10.2. The van der Waals surface area contributed by atoms with Gasteiger partial charge in [-0.05, 0) is 26.0 Å². The highest BCUT2D eigenvalue weighted by atomic mass is 16.6. The molecule has 1 saturated heterocycles. The summed E-state index contributed by atoms with van der Waals surface area (Å²) in [4.78, 5) is 35.8. The largest absolute Gasteiger partial charge is 0.451 e. The van der Waals surface area contributed by atoms with Crippen LogP contribution in [0.5, 0.6) is 0 Å². The summed E-state index contributed by atoms with van der Waals surface area (Å²) in [5.74, 6) is -1.05. The zero-order valence-corrected chi connectivity index (χ0v) is 13.0. The number of carbonyl (C=O) groups is 2. The second-order valence-electron chi connectivity index (χ2n) is 5.22. The summed E-state index contributed by atoms with van der Waals surface area (Å²) in [6.07, 6.45) is -0.888. The Labute approximate surface area is 133 Å². The summed E-state index contributed by atoms with van der Waals surface area (Å²) >= 11 is 0. The Morgan fingerprint density at radius 1 is 1.35 bits per heavy atom. The fraction of sp³-hybridized carbons (Fsp3) is 0.467. The normalized spacial score (nSPS) is 15.8. The van der Waals surface area contributed by atoms with Crippen molar-refractivity contribution in [2.24, 2.45) is 0 Å². The van der Waals surface area contributed by atoms with Gasteiger partial charge in [-0.25, -0.2) is 4.79 Å². The Morgan fingerprint density at radius 3 is 2.57 bits per heavy atom. The molecule has 1 aliphatic heterocycles. The molecule has 1 aliphatic rings. The van der Waals surface area contributed by atoms with Crippen LogP contribution in [0, 0.1) is 10.1 Å². The number of anilines is 1. The number of hydrogen-bond acceptors (Lipinski definition) is 7. The van der Waals surface area contributed by atoms with Crippen molar-refractivity contribution in [1.29, 1.82) is 0 Å². The monoisotopic (exact) mass is 322 g/mol. The van der Waals surface area contributed by atoms with Crippen LogP contribution >= 0.6 is 0 Å². The average molecular weight is 322 g/mol. The van der Waals surface area contributed by atoms with E-state index in [4.69, 9.17) is 9.47 Å². The first kappa shape index (κ1) is 16.9. The summed E-state index contributed by atoms with van der Waals surface area (Å²) in [7, 11) is 0. The first-order valence-corrected chi connectivity index (χ1v) is 7.22. The molecule has 124 valence electrons. The molecule has 2 rings (SSSR count). The van der Waals surface area contributed by atoms with Crippen LogP contribution in [0.2, 0.25) is 0 Å². The molecule has 0 amide bonds. The molecule has 0 aliphatic carbocycles. The topological polar surface area (TPSA) is 99.0 Å². The highest BCUT2D eigenvalue weighted by Crippen LogP contribution is 2.30. The third-order valence-electron chi connectivity index (χ3n) is 3.62. The molecular formula is C15H18N2O6. The lowest BCUT2D eigenvalue weighted by Gasteiger charge is -2.28. The number of hydrogen-bond donors (Lipinski definition) is 0. The van der Waals surface area contributed by atoms with E-state index in [0.717, 1.165) is 0 Å². The van der Waals surface area contributed by atoms with Gasteiger partial charge in [-0.2, -0.15) is 0 Å². The molecule has 8 heteroatoms. The van der Waals surface area contributed by atoms with Crippen LogP contribution in [-0.4, -0.2) is 49.1 Å². The van der Waals surface area contributed by atoms with Crippen molar-refractivity contribution in [2.75, 3.05) is 31.2 Å². The predicted octanol–water partition coefficient (Wildman–Crippen LogP) is 1.57. The summed E-state index contributed by atoms with van der Waals surface area (Å²) in [6.45, 7) is 4.85. The van der Waals surface area contributed by atoms with Gasteiger partial charge in [-0.3, -0.25) is 14.9 Å². The Hall–Kier alpha value is -2.48. The minimum atomic E-state index is -0.888. The molecule has 1 fully saturated rings. The van der Waals surface area contributed by atoms with Crippen LogP contribution in [0.3, 0.4) is 0 Å². The number of rotatable bonds is 5. The highest BCUT2D eigenvalue weighted by molar-refractivity contribution is 5.93. The maximum absolute atomic E-state index is 12.0. The number of Topliss-reactive ketones (excluding diaryl/α,β-unsaturated/α-hetero) is 1. The first-order chi connectivity index (χ1) is 10.9. The van der Waals surface area contributed by atoms with E-state index < -0.39 is 17.0 Å². The fourth-order valence-corrected chi connectivity index (χ4v) is 2.18. The number of nitro groups is 1. The first-order valence-electron chi connectivity index (χ1n) is 7.22. The number of esters is 1. The van der Waals surface area contributed by atoms with Crippen molar-refractivity contribution in [3.8, 4) is 0 Å². The number of morpholine rings is 1. The molecule has 0 spiro atoms. The molecule has 1 aromatic rings. The molecule has 0 aromatic heterocycles. The molecular weight excluding hydrogens is 304 g/mol. The summed E-state index contributed by atoms with van der Waals surface area (Å²) in [5, 5.41) is 11.3. The molecule has 1 aromatic carbocycles. The van der Waals surface area contributed by atoms with E-state index in [1.165, 1.54) is 32.0 Å². The second kappa shape index (κ2) is 7.19. The molecule has 0 unspecified atom stereocenters. The van der Waals surface area contributed by atoms with E-state index in [-0.39, 0.29) is 17.0 Å². The Morgan fingerprint density at radius 2 is 2.00 bits per heavy atom. The van der Waals surface area contributed by atoms with Gasteiger partial charge in [0.2, 0.25) is 0 Å². The quantitative estimate of drug-likeness (QED) is 0.461. The maximum Gasteiger partial charge on any atom is 0.339 e. The summed E-state index contributed by atoms with van der Waals surface area (Å²) in [5.41, 5.74) is 0.313. The molecule has 23 heavy (non-hydrogen) atoms. The Balaban J connectivity index is 2.26. The van der Waals surface area contributed by atoms with Gasteiger partial charge < -0.3 is 14.4 Å². The van der Waals surface area contributed by atoms with Gasteiger partial charge in [0.05, 0.1) is 23.7 Å². The van der Waals surface area contributed by atoms with Gasteiger partial charge in [0.1, 0.15) is 5.69 Å². The standard InChI is InChI=1S/C15H18N2O6/c1-10(18)11(2)23-15(19)12-3-4-13(14(9-12)17(20)21)16-5-7-22-8-6-16/h3-4,9,11H,5-8H2,1-2H3/t11-/m0/s1. The van der Waals surface area contributed by atoms with E-state index in [1.54, 1.807) is 0 Å². The molecule has 0 bridgehead atoms. The van der Waals surface area contributed by atoms with Crippen LogP contribution < -0.4 is 4.90 Å². The van der Waals surface area contributed by atoms with Gasteiger partial charge in [0.25, 0.3) is 5.69 Å². The predicted molar refractivity (Wildman–Crippen MR) is 81.7 cm³/mol. The molecule has 8 nitrogen and oxygen atoms in total. The van der Waals surface area contributed by atoms with Crippen LogP contribution in [0.25, 0.3) is 0 Å². The van der Waals surface area contributed by atoms with E-state index in [2.05, 4.69) is 0 Å². The van der Waals surface area contributed by atoms with Crippen molar-refractivity contribution in [1.82, 2.24) is 0 Å². The van der Waals surface area contributed by atoms with Crippen LogP contribution in [-0.2, 0) is 14.3 Å². The zero-order valence-electron chi connectivity index (χ0n) is 13.0. The number of nitro benzene ring substituents is 1. The number of ether oxygens (including phenoxy) is 2. The minimum absolute atomic E-state index is 0.0433. The molecule has 0 saturated carbocycles. The minimum Gasteiger partial charge on any atom is -0.451 e. The van der Waals surface area contributed by atoms with Crippen molar-refractivity contribution in [3.63, 3.8) is 0 Å². The maximum atomic E-state index is 12.0. The SMILES string of the molecule is CC(=O)[C@H](C)OC(=O)c1ccc(N2CCOCC2)c([N+](=O)[O-])c1. The third kappa shape index (κ3) is 4.04. The van der Waals surface area contributed by atoms with Gasteiger partial charge in [0, 0.05) is 19.2 Å². The van der Waals surface area contributed by atoms with Crippen LogP contribution in [0.15, 0.2) is 18.2 Å².